The van der Waals surface area contributed by atoms with Crippen molar-refractivity contribution >= 4 is 23.1 Å². The number of carbonyl (C=O) groups excluding carboxylic acids is 2. The summed E-state index contributed by atoms with van der Waals surface area (Å²) in [4.78, 5) is 27.9. The molecule has 0 radical (unpaired) electrons. The number of hydrogen-bond donors (Lipinski definition) is 1. The van der Waals surface area contributed by atoms with Crippen LogP contribution in [0.4, 0.5) is 13.2 Å². The SMILES string of the molecule is CC1=C(C(=O)OC[C@@H]2CCCO2)[C@@H](c2ccc(C(F)(F)F)cc2)C2=C(C[C@@H](c3cccs3)CC2=O)N1. The number of rotatable bonds is 5. The minimum atomic E-state index is -4.49. The van der Waals surface area contributed by atoms with Gasteiger partial charge in [0.2, 0.25) is 0 Å². The summed E-state index contributed by atoms with van der Waals surface area (Å²) < 4.78 is 50.8. The van der Waals surface area contributed by atoms with Crippen molar-refractivity contribution in [1.29, 1.82) is 0 Å². The molecule has 1 N–H and O–H groups in total. The Labute approximate surface area is 211 Å². The largest absolute Gasteiger partial charge is 0.459 e. The van der Waals surface area contributed by atoms with Gasteiger partial charge in [0.15, 0.2) is 5.78 Å². The number of esters is 1. The monoisotopic (exact) mass is 517 g/mol. The molecular weight excluding hydrogens is 491 g/mol. The number of ether oxygens (including phenoxy) is 2. The summed E-state index contributed by atoms with van der Waals surface area (Å²) in [5.41, 5.74) is 1.58. The maximum absolute atomic E-state index is 13.5. The molecule has 0 amide bonds. The lowest BCUT2D eigenvalue weighted by atomic mass is 9.72. The van der Waals surface area contributed by atoms with Crippen LogP contribution in [0, 0.1) is 0 Å². The molecule has 36 heavy (non-hydrogen) atoms. The summed E-state index contributed by atoms with van der Waals surface area (Å²) in [6.45, 7) is 2.45. The number of nitrogens with one attached hydrogen (secondary N) is 1. The average molecular weight is 518 g/mol. The fourth-order valence-electron chi connectivity index (χ4n) is 5.25. The molecule has 9 heteroatoms. The first-order chi connectivity index (χ1) is 17.2. The van der Waals surface area contributed by atoms with E-state index in [1.807, 2.05) is 17.5 Å². The number of allylic oxidation sites excluding steroid dienone is 3. The van der Waals surface area contributed by atoms with Gasteiger partial charge in [-0.1, -0.05) is 18.2 Å². The van der Waals surface area contributed by atoms with Gasteiger partial charge in [-0.05, 0) is 55.3 Å². The van der Waals surface area contributed by atoms with Gasteiger partial charge in [-0.2, -0.15) is 13.2 Å². The smallest absolute Gasteiger partial charge is 0.416 e. The van der Waals surface area contributed by atoms with Gasteiger partial charge in [-0.3, -0.25) is 4.79 Å². The van der Waals surface area contributed by atoms with Gasteiger partial charge < -0.3 is 14.8 Å². The third-order valence-corrected chi connectivity index (χ3v) is 8.02. The molecule has 0 saturated carbocycles. The van der Waals surface area contributed by atoms with Crippen LogP contribution in [0.3, 0.4) is 0 Å². The van der Waals surface area contributed by atoms with Crippen molar-refractivity contribution in [2.75, 3.05) is 13.2 Å². The zero-order valence-corrected chi connectivity index (χ0v) is 20.5. The summed E-state index contributed by atoms with van der Waals surface area (Å²) in [7, 11) is 0. The van der Waals surface area contributed by atoms with E-state index in [0.29, 0.717) is 35.6 Å². The number of dihydropyridines is 1. The van der Waals surface area contributed by atoms with Crippen LogP contribution in [0.15, 0.2) is 64.3 Å². The van der Waals surface area contributed by atoms with Gasteiger partial charge in [-0.25, -0.2) is 4.79 Å². The first-order valence-electron chi connectivity index (χ1n) is 12.0. The van der Waals surface area contributed by atoms with Gasteiger partial charge in [0.1, 0.15) is 6.61 Å². The van der Waals surface area contributed by atoms with Crippen LogP contribution in [0.25, 0.3) is 0 Å². The van der Waals surface area contributed by atoms with Gasteiger partial charge in [-0.15, -0.1) is 11.3 Å². The van der Waals surface area contributed by atoms with Crippen LogP contribution in [0.1, 0.15) is 60.4 Å². The minimum absolute atomic E-state index is 0.0119. The number of carbonyl (C=O) groups is 2. The third kappa shape index (κ3) is 4.86. The maximum atomic E-state index is 13.5. The fraction of sp³-hybridized carbons (Fsp3) is 0.407. The molecule has 2 aromatic rings. The van der Waals surface area contributed by atoms with E-state index in [0.717, 1.165) is 29.9 Å². The molecule has 5 nitrogen and oxygen atoms in total. The van der Waals surface area contributed by atoms with Gasteiger partial charge in [0.25, 0.3) is 0 Å². The number of hydrogen-bond acceptors (Lipinski definition) is 6. The summed E-state index contributed by atoms with van der Waals surface area (Å²) in [6.07, 6.45) is -2.11. The Hall–Kier alpha value is -2.91. The molecule has 1 aromatic heterocycles. The fourth-order valence-corrected chi connectivity index (χ4v) is 6.08. The summed E-state index contributed by atoms with van der Waals surface area (Å²) in [5, 5.41) is 5.23. The highest BCUT2D eigenvalue weighted by molar-refractivity contribution is 7.10. The molecule has 1 fully saturated rings. The maximum Gasteiger partial charge on any atom is 0.416 e. The Kier molecular flexibility index (Phi) is 6.78. The van der Waals surface area contributed by atoms with Crippen molar-refractivity contribution in [3.05, 3.63) is 80.3 Å². The highest BCUT2D eigenvalue weighted by atomic mass is 32.1. The number of benzene rings is 1. The molecule has 0 unspecified atom stereocenters. The molecular formula is C27H26F3NO4S. The van der Waals surface area contributed by atoms with Gasteiger partial charge in [0, 0.05) is 46.7 Å². The number of ketones is 1. The second-order valence-corrected chi connectivity index (χ2v) is 10.4. The van der Waals surface area contributed by atoms with E-state index in [1.54, 1.807) is 18.3 Å². The lowest BCUT2D eigenvalue weighted by Gasteiger charge is -2.36. The van der Waals surface area contributed by atoms with E-state index in [-0.39, 0.29) is 36.4 Å². The third-order valence-electron chi connectivity index (χ3n) is 6.99. The number of Topliss-reactive ketones (excluding diaryl/α,β-unsaturated/α-hetero) is 1. The molecule has 3 aliphatic rings. The number of alkyl halides is 3. The standard InChI is InChI=1S/C27H26F3NO4S/c1-15-23(26(33)35-14-19-4-2-10-34-19)24(16-6-8-18(9-7-16)27(28,29)30)25-20(31-15)12-17(13-21(25)32)22-5-3-11-36-22/h3,5-9,11,17,19,24,31H,2,4,10,12-14H2,1H3/t17-,19+,24-/m1/s1. The van der Waals surface area contributed by atoms with Gasteiger partial charge >= 0.3 is 12.1 Å². The summed E-state index contributed by atoms with van der Waals surface area (Å²) in [5.74, 6) is -1.51. The molecule has 1 aromatic carbocycles. The quantitative estimate of drug-likeness (QED) is 0.504. The average Bonchev–Trinajstić information content (AvgIpc) is 3.55. The summed E-state index contributed by atoms with van der Waals surface area (Å²) >= 11 is 1.59. The van der Waals surface area contributed by atoms with Crippen LogP contribution in [-0.4, -0.2) is 31.1 Å². The Morgan fingerprint density at radius 3 is 2.61 bits per heavy atom. The Balaban J connectivity index is 1.51. The van der Waals surface area contributed by atoms with E-state index in [1.165, 1.54) is 12.1 Å². The number of halogens is 3. The molecule has 5 rings (SSSR count). The normalized spacial score (nSPS) is 24.6. The van der Waals surface area contributed by atoms with Crippen LogP contribution in [0.2, 0.25) is 0 Å². The molecule has 2 aliphatic heterocycles. The lowest BCUT2D eigenvalue weighted by molar-refractivity contribution is -0.142. The molecule has 0 bridgehead atoms. The van der Waals surface area contributed by atoms with E-state index < -0.39 is 23.6 Å². The predicted octanol–water partition coefficient (Wildman–Crippen LogP) is 5.85. The van der Waals surface area contributed by atoms with Crippen molar-refractivity contribution in [1.82, 2.24) is 5.32 Å². The van der Waals surface area contributed by atoms with Crippen LogP contribution in [-0.2, 0) is 25.2 Å². The Bertz CT molecular complexity index is 1210. The van der Waals surface area contributed by atoms with Crippen LogP contribution < -0.4 is 5.32 Å². The van der Waals surface area contributed by atoms with Crippen molar-refractivity contribution in [3.8, 4) is 0 Å². The van der Waals surface area contributed by atoms with Crippen molar-refractivity contribution in [3.63, 3.8) is 0 Å². The van der Waals surface area contributed by atoms with E-state index in [9.17, 15) is 22.8 Å². The van der Waals surface area contributed by atoms with E-state index in [2.05, 4.69) is 5.32 Å². The van der Waals surface area contributed by atoms with Crippen molar-refractivity contribution < 1.29 is 32.2 Å². The summed E-state index contributed by atoms with van der Waals surface area (Å²) in [6, 6.07) is 8.63. The van der Waals surface area contributed by atoms with E-state index in [4.69, 9.17) is 9.47 Å². The second kappa shape index (κ2) is 9.86. The van der Waals surface area contributed by atoms with Crippen molar-refractivity contribution in [2.45, 2.75) is 56.7 Å². The highest BCUT2D eigenvalue weighted by Gasteiger charge is 2.42. The second-order valence-electron chi connectivity index (χ2n) is 9.39. The molecule has 0 spiro atoms. The van der Waals surface area contributed by atoms with Crippen molar-refractivity contribution in [2.24, 2.45) is 0 Å². The lowest BCUT2D eigenvalue weighted by Crippen LogP contribution is -2.36. The Morgan fingerprint density at radius 2 is 1.97 bits per heavy atom. The minimum Gasteiger partial charge on any atom is -0.459 e. The van der Waals surface area contributed by atoms with Crippen LogP contribution >= 0.6 is 11.3 Å². The number of thiophene rings is 1. The first-order valence-corrected chi connectivity index (χ1v) is 12.8. The Morgan fingerprint density at radius 1 is 1.19 bits per heavy atom. The zero-order valence-electron chi connectivity index (χ0n) is 19.7. The van der Waals surface area contributed by atoms with Crippen LogP contribution in [0.5, 0.6) is 0 Å². The topological polar surface area (TPSA) is 64.6 Å². The molecule has 3 atom stereocenters. The first kappa shape index (κ1) is 24.8. The molecule has 1 saturated heterocycles. The predicted molar refractivity (Wildman–Crippen MR) is 128 cm³/mol. The zero-order chi connectivity index (χ0) is 25.4. The molecule has 190 valence electrons. The molecule has 1 aliphatic carbocycles. The molecule has 3 heterocycles. The highest BCUT2D eigenvalue weighted by Crippen LogP contribution is 2.46. The van der Waals surface area contributed by atoms with Gasteiger partial charge in [0.05, 0.1) is 17.2 Å². The van der Waals surface area contributed by atoms with E-state index >= 15 is 0 Å².